The van der Waals surface area contributed by atoms with Crippen LogP contribution in [0.25, 0.3) is 0 Å². The van der Waals surface area contributed by atoms with E-state index in [9.17, 15) is 10.0 Å². The highest BCUT2D eigenvalue weighted by Crippen LogP contribution is 2.73. The Labute approximate surface area is 98.6 Å². The quantitative estimate of drug-likeness (QED) is 0.354. The number of amides is 1. The number of rotatable bonds is 1. The molecule has 3 N–H and O–H groups in total. The molecule has 3 fully saturated rings. The number of hydrogen-bond donors (Lipinski definition) is 3. The Morgan fingerprint density at radius 1 is 1.59 bits per heavy atom. The van der Waals surface area contributed by atoms with E-state index < -0.39 is 16.9 Å². The van der Waals surface area contributed by atoms with Crippen molar-refractivity contribution in [2.75, 3.05) is 6.61 Å². The minimum atomic E-state index is -1.30. The average molecular weight is 240 g/mol. The molecule has 1 saturated heterocycles. The van der Waals surface area contributed by atoms with Crippen LogP contribution in [0.2, 0.25) is 0 Å². The summed E-state index contributed by atoms with van der Waals surface area (Å²) in [5.74, 6) is -0.567. The number of hydrogen-bond acceptors (Lipinski definition) is 5. The maximum atomic E-state index is 12.0. The van der Waals surface area contributed by atoms with Gasteiger partial charge >= 0.3 is 0 Å². The summed E-state index contributed by atoms with van der Waals surface area (Å²) >= 11 is 0. The topological polar surface area (TPSA) is 91.2 Å². The van der Waals surface area contributed by atoms with Gasteiger partial charge in [0, 0.05) is 16.7 Å². The van der Waals surface area contributed by atoms with E-state index in [0.717, 1.165) is 12.8 Å². The van der Waals surface area contributed by atoms with Crippen molar-refractivity contribution < 1.29 is 19.9 Å². The third-order valence-electron chi connectivity index (χ3n) is 5.55. The third kappa shape index (κ3) is 0.788. The van der Waals surface area contributed by atoms with Gasteiger partial charge in [0.2, 0.25) is 0 Å². The molecular weight excluding hydrogens is 224 g/mol. The summed E-state index contributed by atoms with van der Waals surface area (Å²) in [5, 5.41) is 21.4. The number of hydroxylamine groups is 1. The Balaban J connectivity index is 2.25. The first-order valence-electron chi connectivity index (χ1n) is 5.79. The third-order valence-corrected chi connectivity index (χ3v) is 5.55. The van der Waals surface area contributed by atoms with Gasteiger partial charge in [-0.1, -0.05) is 19.0 Å². The minimum Gasteiger partial charge on any atom is -0.411 e. The molecule has 1 heterocycles. The lowest BCUT2D eigenvalue weighted by Gasteiger charge is -2.39. The van der Waals surface area contributed by atoms with Gasteiger partial charge in [0.15, 0.2) is 5.60 Å². The molecule has 17 heavy (non-hydrogen) atoms. The number of oxime groups is 1. The molecule has 0 spiro atoms. The zero-order valence-corrected chi connectivity index (χ0v) is 9.86. The largest absolute Gasteiger partial charge is 0.411 e. The molecule has 4 bridgehead atoms. The van der Waals surface area contributed by atoms with Crippen molar-refractivity contribution in [3.8, 4) is 0 Å². The van der Waals surface area contributed by atoms with Crippen molar-refractivity contribution >= 4 is 11.6 Å². The van der Waals surface area contributed by atoms with Crippen LogP contribution in [0.5, 0.6) is 0 Å². The maximum absolute atomic E-state index is 12.0. The normalized spacial score (nSPS) is 53.4. The first-order chi connectivity index (χ1) is 7.98. The van der Waals surface area contributed by atoms with Crippen molar-refractivity contribution in [1.29, 1.82) is 0 Å². The van der Waals surface area contributed by atoms with Gasteiger partial charge in [0.05, 0.1) is 6.61 Å². The molecule has 0 unspecified atom stereocenters. The monoisotopic (exact) mass is 240 g/mol. The first kappa shape index (κ1) is 11.0. The summed E-state index contributed by atoms with van der Waals surface area (Å²) in [6, 6.07) is 0. The van der Waals surface area contributed by atoms with Crippen LogP contribution in [-0.2, 0) is 9.53 Å². The Bertz CT molecular complexity index is 437. The van der Waals surface area contributed by atoms with Crippen LogP contribution in [0.15, 0.2) is 5.16 Å². The summed E-state index contributed by atoms with van der Waals surface area (Å²) < 4.78 is 5.67. The zero-order chi connectivity index (χ0) is 12.5. The second-order valence-electron chi connectivity index (χ2n) is 5.74. The van der Waals surface area contributed by atoms with Crippen LogP contribution in [0.4, 0.5) is 0 Å². The molecule has 0 aromatic heterocycles. The highest BCUT2D eigenvalue weighted by molar-refractivity contribution is 6.17. The molecule has 0 aromatic rings. The summed E-state index contributed by atoms with van der Waals surface area (Å²) in [5.41, 5.74) is 0.120. The van der Waals surface area contributed by atoms with Gasteiger partial charge in [-0.2, -0.15) is 0 Å². The van der Waals surface area contributed by atoms with Gasteiger partial charge in [-0.05, 0) is 12.8 Å². The fourth-order valence-electron chi connectivity index (χ4n) is 4.37. The van der Waals surface area contributed by atoms with Crippen LogP contribution in [0.1, 0.15) is 26.7 Å². The number of ether oxygens (including phenoxy) is 1. The van der Waals surface area contributed by atoms with E-state index in [1.165, 1.54) is 0 Å². The van der Waals surface area contributed by atoms with E-state index in [1.54, 1.807) is 5.48 Å². The highest BCUT2D eigenvalue weighted by atomic mass is 16.5. The van der Waals surface area contributed by atoms with Gasteiger partial charge in [-0.3, -0.25) is 10.0 Å². The average Bonchev–Trinajstić information content (AvgIpc) is 2.78. The Morgan fingerprint density at radius 2 is 2.29 bits per heavy atom. The van der Waals surface area contributed by atoms with Crippen LogP contribution in [0.3, 0.4) is 0 Å². The number of nitrogens with zero attached hydrogens (tertiary/aromatic N) is 1. The molecular formula is C11H16N2O4. The van der Waals surface area contributed by atoms with Crippen molar-refractivity contribution in [2.45, 2.75) is 32.3 Å². The Hall–Kier alpha value is -1.14. The van der Waals surface area contributed by atoms with Crippen LogP contribution < -0.4 is 5.48 Å². The van der Waals surface area contributed by atoms with E-state index in [4.69, 9.17) is 9.94 Å². The SMILES string of the molecule is C[C@@]12CC[C@H]3/C(=N\O)[C@]1(C(=O)NO)OC[C@@]32C. The molecule has 3 aliphatic rings. The highest BCUT2D eigenvalue weighted by Gasteiger charge is 2.82. The Kier molecular flexibility index (Phi) is 1.82. The van der Waals surface area contributed by atoms with Crippen LogP contribution in [0, 0.1) is 16.7 Å². The lowest BCUT2D eigenvalue weighted by molar-refractivity contribution is -0.150. The minimum absolute atomic E-state index is 0.0588. The molecule has 6 nitrogen and oxygen atoms in total. The summed E-state index contributed by atoms with van der Waals surface area (Å²) in [6.45, 7) is 4.50. The molecule has 2 aliphatic carbocycles. The van der Waals surface area contributed by atoms with Crippen molar-refractivity contribution in [1.82, 2.24) is 5.48 Å². The number of carbonyl (C=O) groups is 1. The molecule has 2 saturated carbocycles. The Morgan fingerprint density at radius 3 is 2.88 bits per heavy atom. The zero-order valence-electron chi connectivity index (χ0n) is 9.86. The van der Waals surface area contributed by atoms with E-state index >= 15 is 0 Å². The predicted molar refractivity (Wildman–Crippen MR) is 56.8 cm³/mol. The van der Waals surface area contributed by atoms with Crippen molar-refractivity contribution in [3.63, 3.8) is 0 Å². The smallest absolute Gasteiger partial charge is 0.282 e. The van der Waals surface area contributed by atoms with E-state index in [0.29, 0.717) is 12.3 Å². The van der Waals surface area contributed by atoms with E-state index in [-0.39, 0.29) is 11.3 Å². The molecule has 6 heteroatoms. The molecule has 1 aliphatic heterocycles. The molecule has 1 amide bonds. The predicted octanol–water partition coefficient (Wildman–Crippen LogP) is 0.527. The molecule has 3 rings (SSSR count). The summed E-state index contributed by atoms with van der Waals surface area (Å²) in [7, 11) is 0. The summed E-state index contributed by atoms with van der Waals surface area (Å²) in [6.07, 6.45) is 1.73. The lowest BCUT2D eigenvalue weighted by Crippen LogP contribution is -2.60. The lowest BCUT2D eigenvalue weighted by atomic mass is 9.66. The second kappa shape index (κ2) is 2.81. The molecule has 0 aromatic carbocycles. The molecule has 0 radical (unpaired) electrons. The van der Waals surface area contributed by atoms with Crippen molar-refractivity contribution in [3.05, 3.63) is 0 Å². The molecule has 4 atom stereocenters. The van der Waals surface area contributed by atoms with E-state index in [1.807, 2.05) is 6.92 Å². The summed E-state index contributed by atoms with van der Waals surface area (Å²) in [4.78, 5) is 12.0. The number of carbonyl (C=O) groups excluding carboxylic acids is 1. The molecule has 94 valence electrons. The fraction of sp³-hybridized carbons (Fsp3) is 0.818. The van der Waals surface area contributed by atoms with Gasteiger partial charge in [-0.25, -0.2) is 5.48 Å². The van der Waals surface area contributed by atoms with Gasteiger partial charge in [0.1, 0.15) is 5.71 Å². The van der Waals surface area contributed by atoms with Gasteiger partial charge in [0.25, 0.3) is 5.91 Å². The first-order valence-corrected chi connectivity index (χ1v) is 5.79. The van der Waals surface area contributed by atoms with Crippen LogP contribution in [-0.4, -0.2) is 34.2 Å². The van der Waals surface area contributed by atoms with Gasteiger partial charge < -0.3 is 9.94 Å². The maximum Gasteiger partial charge on any atom is 0.282 e. The van der Waals surface area contributed by atoms with Gasteiger partial charge in [-0.15, -0.1) is 0 Å². The van der Waals surface area contributed by atoms with Crippen LogP contribution >= 0.6 is 0 Å². The van der Waals surface area contributed by atoms with E-state index in [2.05, 4.69) is 12.1 Å². The standard InChI is InChI=1S/C11H16N2O4/c1-9-5-17-11(8(14)13-16)7(12-15)6(9)3-4-10(9,11)2/h6,15-16H,3-5H2,1-2H3,(H,13,14)/b12-7+/t6-,9-,10-,11+/m0/s1. The number of nitrogens with one attached hydrogen (secondary N) is 1. The second-order valence-corrected chi connectivity index (χ2v) is 5.74. The van der Waals surface area contributed by atoms with Crippen molar-refractivity contribution in [2.24, 2.45) is 21.9 Å². The fourth-order valence-corrected chi connectivity index (χ4v) is 4.37.